The average Bonchev–Trinajstić information content (AvgIpc) is 2.37. The largest absolute Gasteiger partial charge is 0.491 e. The van der Waals surface area contributed by atoms with E-state index < -0.39 is 0 Å². The van der Waals surface area contributed by atoms with Gasteiger partial charge in [0.1, 0.15) is 12.4 Å². The molecular weight excluding hydrogens is 224 g/mol. The second-order valence-corrected chi connectivity index (χ2v) is 5.52. The van der Waals surface area contributed by atoms with Gasteiger partial charge in [-0.05, 0) is 36.0 Å². The first-order valence-electron chi connectivity index (χ1n) is 6.91. The molecule has 1 atom stereocenters. The summed E-state index contributed by atoms with van der Waals surface area (Å²) in [5.74, 6) is 0.834. The van der Waals surface area contributed by atoms with E-state index in [2.05, 4.69) is 39.8 Å². The average molecular weight is 250 g/mol. The van der Waals surface area contributed by atoms with Crippen molar-refractivity contribution in [2.75, 3.05) is 6.61 Å². The van der Waals surface area contributed by atoms with Crippen molar-refractivity contribution in [1.82, 2.24) is 0 Å². The number of hydrogen-bond acceptors (Lipinski definition) is 2. The molecule has 1 rings (SSSR count). The molecule has 1 aromatic rings. The fraction of sp³-hybridized carbons (Fsp3) is 0.625. The zero-order valence-electron chi connectivity index (χ0n) is 12.1. The van der Waals surface area contributed by atoms with Gasteiger partial charge < -0.3 is 9.84 Å². The summed E-state index contributed by atoms with van der Waals surface area (Å²) in [4.78, 5) is 0. The van der Waals surface area contributed by atoms with Crippen LogP contribution in [-0.2, 0) is 5.41 Å². The van der Waals surface area contributed by atoms with Crippen LogP contribution in [0.2, 0.25) is 0 Å². The molecule has 102 valence electrons. The van der Waals surface area contributed by atoms with Gasteiger partial charge in [0.15, 0.2) is 0 Å². The maximum atomic E-state index is 9.61. The Bertz CT molecular complexity index is 341. The second-order valence-electron chi connectivity index (χ2n) is 5.52. The molecule has 0 saturated carbocycles. The standard InChI is InChI=1S/C16H26O2/c1-5-7-14(17)12-18-15-10-8-13(9-11-15)16(3,4)6-2/h8-11,14,17H,5-7,12H2,1-4H3. The maximum absolute atomic E-state index is 9.61. The number of aliphatic hydroxyl groups excluding tert-OH is 1. The van der Waals surface area contributed by atoms with Gasteiger partial charge in [0.05, 0.1) is 6.10 Å². The van der Waals surface area contributed by atoms with E-state index in [0.717, 1.165) is 25.0 Å². The number of hydrogen-bond donors (Lipinski definition) is 1. The monoisotopic (exact) mass is 250 g/mol. The van der Waals surface area contributed by atoms with E-state index in [0.29, 0.717) is 6.61 Å². The van der Waals surface area contributed by atoms with Crippen LogP contribution >= 0.6 is 0 Å². The molecule has 0 aliphatic heterocycles. The third kappa shape index (κ3) is 4.34. The van der Waals surface area contributed by atoms with Crippen LogP contribution < -0.4 is 4.74 Å². The molecule has 0 aromatic heterocycles. The van der Waals surface area contributed by atoms with Crippen molar-refractivity contribution in [3.63, 3.8) is 0 Å². The third-order valence-electron chi connectivity index (χ3n) is 3.58. The normalized spacial score (nSPS) is 13.4. The van der Waals surface area contributed by atoms with E-state index in [1.54, 1.807) is 0 Å². The lowest BCUT2D eigenvalue weighted by Gasteiger charge is -2.23. The Morgan fingerprint density at radius 1 is 1.17 bits per heavy atom. The van der Waals surface area contributed by atoms with Crippen LogP contribution in [0.5, 0.6) is 5.75 Å². The highest BCUT2D eigenvalue weighted by atomic mass is 16.5. The first-order valence-corrected chi connectivity index (χ1v) is 6.91. The van der Waals surface area contributed by atoms with Crippen LogP contribution in [0.15, 0.2) is 24.3 Å². The highest BCUT2D eigenvalue weighted by molar-refractivity contribution is 5.31. The Balaban J connectivity index is 2.56. The van der Waals surface area contributed by atoms with E-state index >= 15 is 0 Å². The number of ether oxygens (including phenoxy) is 1. The first kappa shape index (κ1) is 15.0. The summed E-state index contributed by atoms with van der Waals surface area (Å²) in [5, 5.41) is 9.61. The zero-order valence-corrected chi connectivity index (χ0v) is 12.1. The number of aliphatic hydroxyl groups is 1. The van der Waals surface area contributed by atoms with Gasteiger partial charge in [-0.3, -0.25) is 0 Å². The molecule has 18 heavy (non-hydrogen) atoms. The molecule has 0 spiro atoms. The summed E-state index contributed by atoms with van der Waals surface area (Å²) in [6.07, 6.45) is 2.53. The Kier molecular flexibility index (Phi) is 5.67. The first-order chi connectivity index (χ1) is 8.49. The minimum atomic E-state index is -0.359. The van der Waals surface area contributed by atoms with Gasteiger partial charge in [-0.1, -0.05) is 46.2 Å². The summed E-state index contributed by atoms with van der Waals surface area (Å²) < 4.78 is 5.57. The Morgan fingerprint density at radius 2 is 1.78 bits per heavy atom. The number of benzene rings is 1. The van der Waals surface area contributed by atoms with Gasteiger partial charge in [-0.2, -0.15) is 0 Å². The van der Waals surface area contributed by atoms with Gasteiger partial charge in [0, 0.05) is 0 Å². The van der Waals surface area contributed by atoms with E-state index in [1.807, 2.05) is 12.1 Å². The van der Waals surface area contributed by atoms with E-state index in [-0.39, 0.29) is 11.5 Å². The van der Waals surface area contributed by atoms with Crippen molar-refractivity contribution in [2.45, 2.75) is 58.5 Å². The Morgan fingerprint density at radius 3 is 2.28 bits per heavy atom. The lowest BCUT2D eigenvalue weighted by molar-refractivity contribution is 0.0993. The van der Waals surface area contributed by atoms with Gasteiger partial charge in [0.25, 0.3) is 0 Å². The SMILES string of the molecule is CCCC(O)COc1ccc(C(C)(C)CC)cc1. The van der Waals surface area contributed by atoms with E-state index in [4.69, 9.17) is 4.74 Å². The van der Waals surface area contributed by atoms with Crippen LogP contribution in [0.25, 0.3) is 0 Å². The summed E-state index contributed by atoms with van der Waals surface area (Å²) in [7, 11) is 0. The summed E-state index contributed by atoms with van der Waals surface area (Å²) in [6.45, 7) is 9.13. The highest BCUT2D eigenvalue weighted by Gasteiger charge is 2.17. The molecule has 0 heterocycles. The zero-order chi connectivity index (χ0) is 13.6. The van der Waals surface area contributed by atoms with Crippen LogP contribution in [0.3, 0.4) is 0 Å². The van der Waals surface area contributed by atoms with Crippen molar-refractivity contribution in [3.05, 3.63) is 29.8 Å². The quantitative estimate of drug-likeness (QED) is 0.795. The van der Waals surface area contributed by atoms with Crippen molar-refractivity contribution in [2.24, 2.45) is 0 Å². The minimum absolute atomic E-state index is 0.209. The smallest absolute Gasteiger partial charge is 0.119 e. The van der Waals surface area contributed by atoms with Gasteiger partial charge in [0.2, 0.25) is 0 Å². The molecule has 0 bridgehead atoms. The molecule has 1 N–H and O–H groups in total. The lowest BCUT2D eigenvalue weighted by atomic mass is 9.82. The highest BCUT2D eigenvalue weighted by Crippen LogP contribution is 2.28. The molecule has 1 aromatic carbocycles. The predicted octanol–water partition coefficient (Wildman–Crippen LogP) is 3.91. The molecule has 0 fully saturated rings. The van der Waals surface area contributed by atoms with Crippen molar-refractivity contribution in [3.8, 4) is 5.75 Å². The summed E-state index contributed by atoms with van der Waals surface area (Å²) >= 11 is 0. The predicted molar refractivity (Wildman–Crippen MR) is 76.2 cm³/mol. The van der Waals surface area contributed by atoms with Crippen LogP contribution in [0, 0.1) is 0 Å². The van der Waals surface area contributed by atoms with E-state index in [1.165, 1.54) is 5.56 Å². The Labute approximate surface area is 111 Å². The summed E-state index contributed by atoms with van der Waals surface area (Å²) in [6, 6.07) is 8.22. The molecule has 2 nitrogen and oxygen atoms in total. The third-order valence-corrected chi connectivity index (χ3v) is 3.58. The number of rotatable bonds is 7. The fourth-order valence-corrected chi connectivity index (χ4v) is 1.82. The molecule has 0 amide bonds. The fourth-order valence-electron chi connectivity index (χ4n) is 1.82. The molecule has 0 saturated heterocycles. The molecular formula is C16H26O2. The van der Waals surface area contributed by atoms with Gasteiger partial charge in [-0.15, -0.1) is 0 Å². The van der Waals surface area contributed by atoms with Gasteiger partial charge >= 0.3 is 0 Å². The summed E-state index contributed by atoms with van der Waals surface area (Å²) in [5.41, 5.74) is 1.53. The van der Waals surface area contributed by atoms with Crippen molar-refractivity contribution in [1.29, 1.82) is 0 Å². The molecule has 0 aliphatic rings. The topological polar surface area (TPSA) is 29.5 Å². The van der Waals surface area contributed by atoms with Gasteiger partial charge in [-0.25, -0.2) is 0 Å². The molecule has 2 heteroatoms. The maximum Gasteiger partial charge on any atom is 0.119 e. The molecule has 1 unspecified atom stereocenters. The van der Waals surface area contributed by atoms with Crippen LogP contribution in [-0.4, -0.2) is 17.8 Å². The molecule has 0 radical (unpaired) electrons. The minimum Gasteiger partial charge on any atom is -0.491 e. The second kappa shape index (κ2) is 6.79. The van der Waals surface area contributed by atoms with Crippen LogP contribution in [0.1, 0.15) is 52.5 Å². The van der Waals surface area contributed by atoms with E-state index in [9.17, 15) is 5.11 Å². The molecule has 0 aliphatic carbocycles. The van der Waals surface area contributed by atoms with Crippen molar-refractivity contribution >= 4 is 0 Å². The van der Waals surface area contributed by atoms with Crippen LogP contribution in [0.4, 0.5) is 0 Å². The Hall–Kier alpha value is -1.02. The lowest BCUT2D eigenvalue weighted by Crippen LogP contribution is -2.17. The van der Waals surface area contributed by atoms with Crippen molar-refractivity contribution < 1.29 is 9.84 Å².